The van der Waals surface area contributed by atoms with Crippen LogP contribution in [0, 0.1) is 0 Å². The van der Waals surface area contributed by atoms with Gasteiger partial charge in [0, 0.05) is 33.0 Å². The fraction of sp³-hybridized carbons (Fsp3) is 0.111. The van der Waals surface area contributed by atoms with Crippen molar-refractivity contribution in [2.45, 2.75) is 13.0 Å². The standard InChI is InChI=1S/C18H13Cl2NO3S.Na/c19-13-5-6-16(24-9-11-3-1-2-4-15(11)20)12(7-13)8-14-10-25-17(21-14)18(22)23;/h1-7,10H,8-9H2,(H,22,23);/q;+1/p-1. The minimum atomic E-state index is -1.28. The Morgan fingerprint density at radius 2 is 1.92 bits per heavy atom. The molecule has 0 unspecified atom stereocenters. The number of halogens is 2. The van der Waals surface area contributed by atoms with Gasteiger partial charge in [-0.15, -0.1) is 11.3 Å². The Hall–Kier alpha value is -1.08. The monoisotopic (exact) mass is 415 g/mol. The van der Waals surface area contributed by atoms with E-state index in [0.717, 1.165) is 22.5 Å². The van der Waals surface area contributed by atoms with Crippen molar-refractivity contribution >= 4 is 40.5 Å². The van der Waals surface area contributed by atoms with E-state index in [1.807, 2.05) is 18.2 Å². The molecule has 0 fully saturated rings. The fourth-order valence-electron chi connectivity index (χ4n) is 2.27. The Morgan fingerprint density at radius 3 is 2.62 bits per heavy atom. The van der Waals surface area contributed by atoms with E-state index in [1.165, 1.54) is 0 Å². The van der Waals surface area contributed by atoms with E-state index in [0.29, 0.717) is 34.5 Å². The molecule has 2 aromatic carbocycles. The van der Waals surface area contributed by atoms with E-state index in [1.54, 1.807) is 29.6 Å². The van der Waals surface area contributed by atoms with E-state index in [2.05, 4.69) is 4.98 Å². The predicted octanol–water partition coefficient (Wildman–Crippen LogP) is 0.987. The van der Waals surface area contributed by atoms with Crippen molar-refractivity contribution in [3.05, 3.63) is 79.7 Å². The molecule has 0 saturated heterocycles. The van der Waals surface area contributed by atoms with Crippen molar-refractivity contribution in [2.24, 2.45) is 0 Å². The number of thiazole rings is 1. The van der Waals surface area contributed by atoms with Crippen LogP contribution in [-0.4, -0.2) is 11.0 Å². The minimum Gasteiger partial charge on any atom is -0.542 e. The van der Waals surface area contributed by atoms with E-state index in [-0.39, 0.29) is 34.6 Å². The van der Waals surface area contributed by atoms with Crippen LogP contribution in [-0.2, 0) is 13.0 Å². The summed E-state index contributed by atoms with van der Waals surface area (Å²) in [6, 6.07) is 12.7. The van der Waals surface area contributed by atoms with Crippen molar-refractivity contribution in [1.82, 2.24) is 4.98 Å². The molecule has 0 bridgehead atoms. The number of hydrogen-bond donors (Lipinski definition) is 0. The van der Waals surface area contributed by atoms with Gasteiger partial charge in [0.1, 0.15) is 23.3 Å². The summed E-state index contributed by atoms with van der Waals surface area (Å²) < 4.78 is 5.89. The number of ether oxygens (including phenoxy) is 1. The number of rotatable bonds is 6. The molecule has 8 heteroatoms. The van der Waals surface area contributed by atoms with Gasteiger partial charge >= 0.3 is 29.6 Å². The van der Waals surface area contributed by atoms with Gasteiger partial charge in [0.05, 0.1) is 5.69 Å². The molecular formula is C18H12Cl2NNaO3S. The van der Waals surface area contributed by atoms with Crippen LogP contribution in [0.3, 0.4) is 0 Å². The Labute approximate surface area is 187 Å². The predicted molar refractivity (Wildman–Crippen MR) is 96.5 cm³/mol. The van der Waals surface area contributed by atoms with Gasteiger partial charge in [-0.1, -0.05) is 41.4 Å². The second-order valence-corrected chi connectivity index (χ2v) is 6.94. The molecular weight excluding hydrogens is 404 g/mol. The summed E-state index contributed by atoms with van der Waals surface area (Å²) in [6.07, 6.45) is 0.405. The van der Waals surface area contributed by atoms with Gasteiger partial charge < -0.3 is 14.6 Å². The first-order chi connectivity index (χ1) is 12.0. The first-order valence-corrected chi connectivity index (χ1v) is 8.97. The maximum absolute atomic E-state index is 10.9. The molecule has 0 N–H and O–H groups in total. The zero-order chi connectivity index (χ0) is 17.8. The maximum atomic E-state index is 10.9. The van der Waals surface area contributed by atoms with Crippen LogP contribution in [0.15, 0.2) is 47.8 Å². The molecule has 0 atom stereocenters. The van der Waals surface area contributed by atoms with Gasteiger partial charge in [-0.25, -0.2) is 4.98 Å². The van der Waals surface area contributed by atoms with Crippen molar-refractivity contribution in [3.8, 4) is 5.75 Å². The first-order valence-electron chi connectivity index (χ1n) is 7.33. The Balaban J connectivity index is 0.00000243. The normalized spacial score (nSPS) is 10.2. The SMILES string of the molecule is O=C([O-])c1nc(Cc2cc(Cl)ccc2OCc2ccccc2Cl)cs1.[Na+]. The van der Waals surface area contributed by atoms with Crippen molar-refractivity contribution in [2.75, 3.05) is 0 Å². The summed E-state index contributed by atoms with van der Waals surface area (Å²) >= 11 is 13.3. The molecule has 3 rings (SSSR count). The second kappa shape index (κ2) is 9.74. The zero-order valence-corrected chi connectivity index (χ0v) is 18.2. The average molecular weight is 416 g/mol. The average Bonchev–Trinajstić information content (AvgIpc) is 3.04. The number of hydrogen-bond acceptors (Lipinski definition) is 5. The smallest absolute Gasteiger partial charge is 0.542 e. The molecule has 0 saturated carbocycles. The third-order valence-electron chi connectivity index (χ3n) is 3.46. The first kappa shape index (κ1) is 21.2. The van der Waals surface area contributed by atoms with Crippen molar-refractivity contribution in [1.29, 1.82) is 0 Å². The fourth-order valence-corrected chi connectivity index (χ4v) is 3.31. The van der Waals surface area contributed by atoms with Crippen LogP contribution in [0.5, 0.6) is 5.75 Å². The number of benzene rings is 2. The second-order valence-electron chi connectivity index (χ2n) is 5.24. The number of nitrogens with zero attached hydrogens (tertiary/aromatic N) is 1. The van der Waals surface area contributed by atoms with E-state index >= 15 is 0 Å². The van der Waals surface area contributed by atoms with Crippen LogP contribution in [0.25, 0.3) is 0 Å². The van der Waals surface area contributed by atoms with Crippen LogP contribution in [0.2, 0.25) is 10.0 Å². The molecule has 0 aliphatic rings. The topological polar surface area (TPSA) is 62.2 Å². The van der Waals surface area contributed by atoms with Crippen LogP contribution < -0.4 is 39.4 Å². The molecule has 4 nitrogen and oxygen atoms in total. The molecule has 0 aliphatic carbocycles. The van der Waals surface area contributed by atoms with Crippen LogP contribution >= 0.6 is 34.5 Å². The van der Waals surface area contributed by atoms with E-state index in [4.69, 9.17) is 27.9 Å². The zero-order valence-electron chi connectivity index (χ0n) is 13.9. The molecule has 0 radical (unpaired) electrons. The number of carboxylic acid groups (broad SMARTS) is 1. The number of carbonyl (C=O) groups excluding carboxylic acids is 1. The molecule has 0 spiro atoms. The Kier molecular flexibility index (Phi) is 7.95. The molecule has 128 valence electrons. The van der Waals surface area contributed by atoms with Crippen LogP contribution in [0.1, 0.15) is 26.6 Å². The van der Waals surface area contributed by atoms with Crippen molar-refractivity contribution in [3.63, 3.8) is 0 Å². The third kappa shape index (κ3) is 5.46. The maximum Gasteiger partial charge on any atom is 1.00 e. The number of carboxylic acids is 1. The summed E-state index contributed by atoms with van der Waals surface area (Å²) in [5.74, 6) is -0.634. The van der Waals surface area contributed by atoms with Crippen LogP contribution in [0.4, 0.5) is 0 Å². The van der Waals surface area contributed by atoms with Gasteiger partial charge in [-0.3, -0.25) is 0 Å². The number of aromatic carboxylic acids is 1. The Bertz CT molecular complexity index is 917. The summed E-state index contributed by atoms with van der Waals surface area (Å²) in [7, 11) is 0. The summed E-state index contributed by atoms with van der Waals surface area (Å²) in [5.41, 5.74) is 2.31. The molecule has 1 heterocycles. The van der Waals surface area contributed by atoms with E-state index in [9.17, 15) is 9.90 Å². The van der Waals surface area contributed by atoms with E-state index < -0.39 is 5.97 Å². The number of carbonyl (C=O) groups is 1. The summed E-state index contributed by atoms with van der Waals surface area (Å²) in [4.78, 5) is 14.9. The largest absolute Gasteiger partial charge is 1.00 e. The summed E-state index contributed by atoms with van der Waals surface area (Å²) in [5, 5.41) is 13.7. The third-order valence-corrected chi connectivity index (χ3v) is 4.94. The minimum absolute atomic E-state index is 0. The van der Waals surface area contributed by atoms with Crippen molar-refractivity contribution < 1.29 is 44.2 Å². The summed E-state index contributed by atoms with van der Waals surface area (Å²) in [6.45, 7) is 0.315. The van der Waals surface area contributed by atoms with Gasteiger partial charge in [0.25, 0.3) is 0 Å². The number of aromatic nitrogens is 1. The molecule has 26 heavy (non-hydrogen) atoms. The quantitative estimate of drug-likeness (QED) is 0.563. The van der Waals surface area contributed by atoms with Gasteiger partial charge in [0.2, 0.25) is 0 Å². The molecule has 0 aliphatic heterocycles. The molecule has 1 aromatic heterocycles. The van der Waals surface area contributed by atoms with Gasteiger partial charge in [-0.2, -0.15) is 0 Å². The Morgan fingerprint density at radius 1 is 1.15 bits per heavy atom. The van der Waals surface area contributed by atoms with Gasteiger partial charge in [-0.05, 0) is 24.3 Å². The molecule has 0 amide bonds. The molecule has 3 aromatic rings. The van der Waals surface area contributed by atoms with Gasteiger partial charge in [0.15, 0.2) is 0 Å².